The largest absolute Gasteiger partial charge is 0.337 e. The Labute approximate surface area is 121 Å². The molecule has 2 heterocycles. The van der Waals surface area contributed by atoms with Crippen LogP contribution in [0, 0.1) is 5.92 Å². The van der Waals surface area contributed by atoms with E-state index in [9.17, 15) is 22.0 Å². The summed E-state index contributed by atoms with van der Waals surface area (Å²) in [7, 11) is -4.04. The number of rotatable bonds is 4. The molecule has 0 saturated carbocycles. The molecule has 118 valence electrons. The van der Waals surface area contributed by atoms with Crippen LogP contribution in [0.4, 0.5) is 8.78 Å². The van der Waals surface area contributed by atoms with Crippen molar-refractivity contribution in [3.63, 3.8) is 0 Å². The van der Waals surface area contributed by atoms with E-state index in [1.807, 2.05) is 6.92 Å². The predicted molar refractivity (Wildman–Crippen MR) is 71.5 cm³/mol. The maximum absolute atomic E-state index is 12.6. The van der Waals surface area contributed by atoms with Crippen molar-refractivity contribution in [2.45, 2.75) is 31.2 Å². The molecule has 0 spiro atoms. The van der Waals surface area contributed by atoms with Gasteiger partial charge in [0.1, 0.15) is 10.6 Å². The number of amides is 1. The van der Waals surface area contributed by atoms with Crippen LogP contribution in [0.15, 0.2) is 17.2 Å². The molecule has 0 bridgehead atoms. The lowest BCUT2D eigenvalue weighted by Crippen LogP contribution is -2.30. The number of halogens is 2. The van der Waals surface area contributed by atoms with Crippen LogP contribution in [0.1, 0.15) is 23.8 Å². The maximum Gasteiger partial charge on any atom is 0.270 e. The number of hydrogen-bond acceptors (Lipinski definition) is 3. The first-order chi connectivity index (χ1) is 9.68. The van der Waals surface area contributed by atoms with Crippen LogP contribution < -0.4 is 5.14 Å². The molecule has 1 amide bonds. The Morgan fingerprint density at radius 1 is 1.52 bits per heavy atom. The molecule has 1 fully saturated rings. The molecule has 1 aromatic rings. The van der Waals surface area contributed by atoms with E-state index >= 15 is 0 Å². The van der Waals surface area contributed by atoms with E-state index < -0.39 is 28.9 Å². The van der Waals surface area contributed by atoms with E-state index in [0.717, 1.165) is 23.3 Å². The van der Waals surface area contributed by atoms with Gasteiger partial charge in [-0.25, -0.2) is 22.3 Å². The lowest BCUT2D eigenvalue weighted by atomic mass is 10.2. The summed E-state index contributed by atoms with van der Waals surface area (Å²) < 4.78 is 48.8. The van der Waals surface area contributed by atoms with Crippen molar-refractivity contribution in [3.05, 3.63) is 18.0 Å². The minimum absolute atomic E-state index is 0.0755. The second-order valence-corrected chi connectivity index (χ2v) is 6.86. The Bertz CT molecular complexity index is 642. The van der Waals surface area contributed by atoms with Gasteiger partial charge < -0.3 is 9.47 Å². The van der Waals surface area contributed by atoms with Crippen LogP contribution in [-0.4, -0.2) is 43.3 Å². The van der Waals surface area contributed by atoms with E-state index in [2.05, 4.69) is 0 Å². The molecular formula is C12H17F2N3O3S. The van der Waals surface area contributed by atoms with Gasteiger partial charge >= 0.3 is 0 Å². The molecule has 0 radical (unpaired) electrons. The molecule has 0 aliphatic carbocycles. The average molecular weight is 321 g/mol. The van der Waals surface area contributed by atoms with E-state index in [-0.39, 0.29) is 10.6 Å². The molecule has 1 aliphatic heterocycles. The molecule has 9 heteroatoms. The van der Waals surface area contributed by atoms with Crippen LogP contribution in [0.3, 0.4) is 0 Å². The van der Waals surface area contributed by atoms with Gasteiger partial charge in [-0.3, -0.25) is 4.79 Å². The second kappa shape index (κ2) is 5.72. The van der Waals surface area contributed by atoms with Crippen molar-refractivity contribution in [2.24, 2.45) is 11.1 Å². The normalized spacial score (nSPS) is 19.5. The molecule has 21 heavy (non-hydrogen) atoms. The number of aromatic nitrogens is 1. The first-order valence-electron chi connectivity index (χ1n) is 6.49. The predicted octanol–water partition coefficient (Wildman–Crippen LogP) is 0.883. The highest BCUT2D eigenvalue weighted by Gasteiger charge is 2.28. The summed E-state index contributed by atoms with van der Waals surface area (Å²) in [6.45, 7) is 2.30. The number of carbonyl (C=O) groups is 1. The standard InChI is InChI=1S/C12H17F2N3O3S/c1-8-2-3-16(5-8)12(18)10-4-9(21(15,19)20)6-17(10)7-11(13)14/h4,6,8,11H,2-3,5,7H2,1H3,(H2,15,19,20). The zero-order valence-corrected chi connectivity index (χ0v) is 12.3. The molecule has 6 nitrogen and oxygen atoms in total. The number of alkyl halides is 2. The smallest absolute Gasteiger partial charge is 0.270 e. The van der Waals surface area contributed by atoms with Crippen LogP contribution in [0.25, 0.3) is 0 Å². The van der Waals surface area contributed by atoms with Gasteiger partial charge in [0.2, 0.25) is 10.0 Å². The van der Waals surface area contributed by atoms with Crippen LogP contribution in [0.2, 0.25) is 0 Å². The molecule has 2 rings (SSSR count). The Morgan fingerprint density at radius 2 is 2.19 bits per heavy atom. The SMILES string of the molecule is CC1CCN(C(=O)c2cc(S(N)(=O)=O)cn2CC(F)F)C1. The molecule has 2 N–H and O–H groups in total. The number of nitrogens with two attached hydrogens (primary N) is 1. The maximum atomic E-state index is 12.6. The lowest BCUT2D eigenvalue weighted by Gasteiger charge is -2.17. The molecule has 1 atom stereocenters. The van der Waals surface area contributed by atoms with Crippen molar-refractivity contribution in [1.82, 2.24) is 9.47 Å². The Kier molecular flexibility index (Phi) is 4.33. The fraction of sp³-hybridized carbons (Fsp3) is 0.583. The molecule has 1 aliphatic rings. The Morgan fingerprint density at radius 3 is 2.67 bits per heavy atom. The molecule has 0 aromatic carbocycles. The lowest BCUT2D eigenvalue weighted by molar-refractivity contribution is 0.0767. The van der Waals surface area contributed by atoms with E-state index in [1.165, 1.54) is 4.90 Å². The zero-order valence-electron chi connectivity index (χ0n) is 11.5. The van der Waals surface area contributed by atoms with Gasteiger partial charge in [0, 0.05) is 19.3 Å². The minimum Gasteiger partial charge on any atom is -0.337 e. The van der Waals surface area contributed by atoms with Crippen LogP contribution >= 0.6 is 0 Å². The summed E-state index contributed by atoms with van der Waals surface area (Å²) in [6.07, 6.45) is -0.882. The highest BCUT2D eigenvalue weighted by molar-refractivity contribution is 7.89. The zero-order chi connectivity index (χ0) is 15.8. The van der Waals surface area contributed by atoms with E-state index in [4.69, 9.17) is 5.14 Å². The van der Waals surface area contributed by atoms with Gasteiger partial charge in [-0.15, -0.1) is 0 Å². The third-order valence-electron chi connectivity index (χ3n) is 3.46. The van der Waals surface area contributed by atoms with Crippen LogP contribution in [0.5, 0.6) is 0 Å². The fourth-order valence-electron chi connectivity index (χ4n) is 2.40. The summed E-state index contributed by atoms with van der Waals surface area (Å²) in [5.41, 5.74) is -0.0755. The average Bonchev–Trinajstić information content (AvgIpc) is 2.93. The Hall–Kier alpha value is -1.48. The van der Waals surface area contributed by atoms with Crippen molar-refractivity contribution >= 4 is 15.9 Å². The van der Waals surface area contributed by atoms with Gasteiger partial charge in [0.25, 0.3) is 12.3 Å². The number of sulfonamides is 1. The summed E-state index contributed by atoms with van der Waals surface area (Å²) in [5, 5.41) is 4.99. The van der Waals surface area contributed by atoms with Gasteiger partial charge in [-0.1, -0.05) is 6.92 Å². The van der Waals surface area contributed by atoms with Gasteiger partial charge in [-0.05, 0) is 18.4 Å². The fourth-order valence-corrected chi connectivity index (χ4v) is 2.95. The highest BCUT2D eigenvalue weighted by Crippen LogP contribution is 2.21. The highest BCUT2D eigenvalue weighted by atomic mass is 32.2. The quantitative estimate of drug-likeness (QED) is 0.893. The number of primary sulfonamides is 1. The number of nitrogens with zero attached hydrogens (tertiary/aromatic N) is 2. The van der Waals surface area contributed by atoms with Gasteiger partial charge in [-0.2, -0.15) is 0 Å². The Balaban J connectivity index is 2.36. The van der Waals surface area contributed by atoms with E-state index in [0.29, 0.717) is 19.0 Å². The van der Waals surface area contributed by atoms with Gasteiger partial charge in [0.15, 0.2) is 0 Å². The number of carbonyl (C=O) groups excluding carboxylic acids is 1. The number of hydrogen-bond donors (Lipinski definition) is 1. The summed E-state index contributed by atoms with van der Waals surface area (Å²) in [6, 6.07) is 1.06. The summed E-state index contributed by atoms with van der Waals surface area (Å²) in [5.74, 6) is -0.111. The van der Waals surface area contributed by atoms with Crippen molar-refractivity contribution in [3.8, 4) is 0 Å². The first-order valence-corrected chi connectivity index (χ1v) is 8.03. The number of likely N-dealkylation sites (tertiary alicyclic amines) is 1. The minimum atomic E-state index is -4.04. The second-order valence-electron chi connectivity index (χ2n) is 5.29. The van der Waals surface area contributed by atoms with Crippen LogP contribution in [-0.2, 0) is 16.6 Å². The first kappa shape index (κ1) is 15.9. The summed E-state index contributed by atoms with van der Waals surface area (Å²) in [4.78, 5) is 13.6. The molecular weight excluding hydrogens is 304 g/mol. The van der Waals surface area contributed by atoms with E-state index in [1.54, 1.807) is 0 Å². The third kappa shape index (κ3) is 3.59. The van der Waals surface area contributed by atoms with Gasteiger partial charge in [0.05, 0.1) is 6.54 Å². The van der Waals surface area contributed by atoms with Crippen molar-refractivity contribution < 1.29 is 22.0 Å². The molecule has 1 unspecified atom stereocenters. The van der Waals surface area contributed by atoms with Crippen molar-refractivity contribution in [2.75, 3.05) is 13.1 Å². The third-order valence-corrected chi connectivity index (χ3v) is 4.35. The molecule has 1 saturated heterocycles. The summed E-state index contributed by atoms with van der Waals surface area (Å²) >= 11 is 0. The van der Waals surface area contributed by atoms with Crippen molar-refractivity contribution in [1.29, 1.82) is 0 Å². The monoisotopic (exact) mass is 321 g/mol. The molecule has 1 aromatic heterocycles. The topological polar surface area (TPSA) is 85.4 Å².